The molecule has 5 aromatic carbocycles. The molecule has 33 heteroatoms. The first-order valence-electron chi connectivity index (χ1n) is 24.5. The zero-order valence-electron chi connectivity index (χ0n) is 48.2. The number of rotatable bonds is 28. The minimum Gasteiger partial charge on any atom is -0.493 e. The van der Waals surface area contributed by atoms with Crippen molar-refractivity contribution in [3.05, 3.63) is 139 Å². The van der Waals surface area contributed by atoms with Gasteiger partial charge in [0.05, 0.1) is 154 Å². The molecule has 5 rings (SSSR count). The standard InChI is InChI=1S/C20H26N4O8S2.C11H16N2O4.C11H13NO5.C10H10BrNO5/c1-29-17-5-11(15(23(25)26)7-19(17)31-3)13(21)9-33-34-10-14(22)12-6-18(30-2)20(32-4)8-16(12)24(27)28;1-4-8(12)7-5-10(16-2)11(17-3)6-9(7)13(14)15;1-4-9(13)7-5-10(16-2)11(17-3)6-8(7)12(14)15;1-16-9-3-6(8(13)5-11)7(12(14)15)4-10(9)17-2/h5-8,13-14H,9-10,21-22H2,1-4H3;5-6,8H,4,12H2,1-3H3;5-6H,4H2,1-3H3;3-4H,5H2,1-2H3. The van der Waals surface area contributed by atoms with Crippen LogP contribution in [0.4, 0.5) is 28.4 Å². The zero-order chi connectivity index (χ0) is 64.4. The maximum absolute atomic E-state index is 11.6. The highest BCUT2D eigenvalue weighted by Crippen LogP contribution is 2.43. The number of halogens is 1. The summed E-state index contributed by atoms with van der Waals surface area (Å²) in [6.45, 7) is 3.51. The third kappa shape index (κ3) is 19.5. The number of ketones is 2. The van der Waals surface area contributed by atoms with Gasteiger partial charge in [-0.05, 0) is 24.6 Å². The maximum atomic E-state index is 11.6. The van der Waals surface area contributed by atoms with E-state index in [9.17, 15) is 60.2 Å². The van der Waals surface area contributed by atoms with E-state index in [0.29, 0.717) is 63.4 Å². The van der Waals surface area contributed by atoms with Gasteiger partial charge >= 0.3 is 0 Å². The van der Waals surface area contributed by atoms with Crippen LogP contribution in [0.15, 0.2) is 60.7 Å². The number of methoxy groups -OCH3 is 10. The van der Waals surface area contributed by atoms with Crippen molar-refractivity contribution in [3.8, 4) is 57.5 Å². The second-order valence-electron chi connectivity index (χ2n) is 16.7. The van der Waals surface area contributed by atoms with Gasteiger partial charge in [0.1, 0.15) is 5.56 Å². The first kappa shape index (κ1) is 72.6. The Morgan fingerprint density at radius 1 is 0.400 bits per heavy atom. The number of hydrogen-bond acceptors (Lipinski definition) is 27. The normalized spacial score (nSPS) is 11.3. The summed E-state index contributed by atoms with van der Waals surface area (Å²) in [6, 6.07) is 11.7. The Kier molecular flexibility index (Phi) is 30.4. The molecule has 0 spiro atoms. The predicted molar refractivity (Wildman–Crippen MR) is 320 cm³/mol. The number of carbonyl (C=O) groups excluding carboxylic acids is 2. The maximum Gasteiger partial charge on any atom is 0.284 e. The number of ether oxygens (including phenoxy) is 10. The van der Waals surface area contributed by atoms with Gasteiger partial charge in [0, 0.05) is 48.2 Å². The molecule has 0 aliphatic heterocycles. The molecule has 0 saturated heterocycles. The molecule has 3 atom stereocenters. The van der Waals surface area contributed by atoms with E-state index in [1.807, 2.05) is 6.92 Å². The van der Waals surface area contributed by atoms with Crippen molar-refractivity contribution in [2.45, 2.75) is 44.8 Å². The van der Waals surface area contributed by atoms with Gasteiger partial charge < -0.3 is 64.6 Å². The van der Waals surface area contributed by atoms with Crippen LogP contribution in [0.5, 0.6) is 57.5 Å². The topological polar surface area (TPSA) is 420 Å². The molecule has 85 heavy (non-hydrogen) atoms. The SMILES string of the molecule is CCC(=O)c1cc(OC)c(OC)cc1[N+](=O)[O-].CCC(N)c1cc(OC)c(OC)cc1[N+](=O)[O-].COc1cc(C(=O)CBr)c([N+](=O)[O-])cc1OC.COc1cc(C(N)CSSCC(N)c2cc(OC)c(OC)cc2[N+](=O)[O-])c([N+](=O)[O-])cc1OC. The van der Waals surface area contributed by atoms with E-state index in [0.717, 1.165) is 0 Å². The second kappa shape index (κ2) is 35.6. The van der Waals surface area contributed by atoms with E-state index in [-0.39, 0.29) is 85.8 Å². The first-order valence-corrected chi connectivity index (χ1v) is 28.1. The van der Waals surface area contributed by atoms with Crippen LogP contribution in [0.25, 0.3) is 0 Å². The molecular formula is C52H65BrN8O22S2. The molecular weight excluding hydrogens is 1230 g/mol. The average molecular weight is 1300 g/mol. The molecule has 0 fully saturated rings. The lowest BCUT2D eigenvalue weighted by Crippen LogP contribution is -2.16. The zero-order valence-corrected chi connectivity index (χ0v) is 51.4. The van der Waals surface area contributed by atoms with Crippen molar-refractivity contribution in [1.82, 2.24) is 0 Å². The van der Waals surface area contributed by atoms with Crippen LogP contribution in [0.2, 0.25) is 0 Å². The van der Waals surface area contributed by atoms with Gasteiger partial charge in [0.15, 0.2) is 69.1 Å². The number of nitro benzene ring substituents is 5. The Morgan fingerprint density at radius 2 is 0.624 bits per heavy atom. The number of hydrogen-bond donors (Lipinski definition) is 3. The van der Waals surface area contributed by atoms with Gasteiger partial charge in [-0.3, -0.25) is 60.2 Å². The molecule has 0 heterocycles. The number of benzene rings is 5. The van der Waals surface area contributed by atoms with Crippen LogP contribution in [-0.4, -0.2) is 124 Å². The minimum absolute atomic E-state index is 0.00330. The monoisotopic (exact) mass is 1300 g/mol. The Balaban J connectivity index is 0.000000412. The van der Waals surface area contributed by atoms with Gasteiger partial charge in [0.25, 0.3) is 28.4 Å². The highest BCUT2D eigenvalue weighted by molar-refractivity contribution is 9.09. The molecule has 464 valence electrons. The summed E-state index contributed by atoms with van der Waals surface area (Å²) in [5.41, 5.74) is 18.4. The van der Waals surface area contributed by atoms with Crippen LogP contribution in [-0.2, 0) is 0 Å². The van der Waals surface area contributed by atoms with Gasteiger partial charge in [0.2, 0.25) is 0 Å². The number of alkyl halides is 1. The van der Waals surface area contributed by atoms with Crippen LogP contribution < -0.4 is 64.6 Å². The molecule has 0 aliphatic rings. The highest BCUT2D eigenvalue weighted by atomic mass is 79.9. The summed E-state index contributed by atoms with van der Waals surface area (Å²) < 4.78 is 50.7. The summed E-state index contributed by atoms with van der Waals surface area (Å²) in [7, 11) is 16.8. The number of carbonyl (C=O) groups is 2. The number of Topliss-reactive ketones (excluding diaryl/α,β-unsaturated/α-hetero) is 2. The van der Waals surface area contributed by atoms with Gasteiger partial charge in [-0.25, -0.2) is 0 Å². The molecule has 0 aliphatic carbocycles. The molecule has 0 aromatic heterocycles. The lowest BCUT2D eigenvalue weighted by Gasteiger charge is -2.17. The van der Waals surface area contributed by atoms with E-state index in [1.54, 1.807) is 13.0 Å². The molecule has 0 radical (unpaired) electrons. The van der Waals surface area contributed by atoms with E-state index in [4.69, 9.17) is 64.6 Å². The fourth-order valence-corrected chi connectivity index (χ4v) is 10.0. The van der Waals surface area contributed by atoms with Crippen molar-refractivity contribution in [2.75, 3.05) is 87.9 Å². The first-order chi connectivity index (χ1) is 40.3. The summed E-state index contributed by atoms with van der Waals surface area (Å²) >= 11 is 2.97. The number of nitro groups is 5. The second-order valence-corrected chi connectivity index (χ2v) is 19.8. The molecule has 6 N–H and O–H groups in total. The van der Waals surface area contributed by atoms with Crippen molar-refractivity contribution < 1.29 is 81.6 Å². The van der Waals surface area contributed by atoms with E-state index >= 15 is 0 Å². The molecule has 0 amide bonds. The predicted octanol–water partition coefficient (Wildman–Crippen LogP) is 10.0. The quantitative estimate of drug-likeness (QED) is 0.0105. The lowest BCUT2D eigenvalue weighted by atomic mass is 10.0. The van der Waals surface area contributed by atoms with Crippen LogP contribution in [0, 0.1) is 50.6 Å². The Hall–Kier alpha value is -8.50. The van der Waals surface area contributed by atoms with Crippen molar-refractivity contribution >= 4 is 77.5 Å². The lowest BCUT2D eigenvalue weighted by molar-refractivity contribution is -0.386. The molecule has 3 unspecified atom stereocenters. The van der Waals surface area contributed by atoms with Gasteiger partial charge in [-0.1, -0.05) is 51.4 Å². The molecule has 5 aromatic rings. The van der Waals surface area contributed by atoms with Gasteiger partial charge in [-0.2, -0.15) is 0 Å². The molecule has 0 bridgehead atoms. The van der Waals surface area contributed by atoms with Crippen LogP contribution >= 0.6 is 37.5 Å². The third-order valence-corrected chi connectivity index (χ3v) is 14.8. The van der Waals surface area contributed by atoms with Crippen LogP contribution in [0.3, 0.4) is 0 Å². The van der Waals surface area contributed by atoms with E-state index in [2.05, 4.69) is 15.9 Å². The Morgan fingerprint density at radius 3 is 0.847 bits per heavy atom. The van der Waals surface area contributed by atoms with Crippen LogP contribution in [0.1, 0.15) is 82.2 Å². The summed E-state index contributed by atoms with van der Waals surface area (Å²) in [6.07, 6.45) is 0.798. The number of nitrogens with two attached hydrogens (primary N) is 3. The fourth-order valence-electron chi connectivity index (χ4n) is 7.41. The minimum atomic E-state index is -0.677. The smallest absolute Gasteiger partial charge is 0.284 e. The largest absolute Gasteiger partial charge is 0.493 e. The third-order valence-electron chi connectivity index (χ3n) is 11.8. The number of nitrogens with zero attached hydrogens (tertiary/aromatic N) is 5. The van der Waals surface area contributed by atoms with Crippen molar-refractivity contribution in [2.24, 2.45) is 17.2 Å². The molecule has 30 nitrogen and oxygen atoms in total. The van der Waals surface area contributed by atoms with E-state index < -0.39 is 48.5 Å². The van der Waals surface area contributed by atoms with Crippen molar-refractivity contribution in [3.63, 3.8) is 0 Å². The highest BCUT2D eigenvalue weighted by Gasteiger charge is 2.29. The Bertz CT molecular complexity index is 3010. The van der Waals surface area contributed by atoms with Crippen molar-refractivity contribution in [1.29, 1.82) is 0 Å². The molecule has 0 saturated carbocycles. The fraction of sp³-hybridized carbons (Fsp3) is 0.385. The van der Waals surface area contributed by atoms with Gasteiger partial charge in [-0.15, -0.1) is 0 Å². The summed E-state index contributed by atoms with van der Waals surface area (Å²) in [5.74, 6) is 2.86. The average Bonchev–Trinajstić information content (AvgIpc) is 3.69. The summed E-state index contributed by atoms with van der Waals surface area (Å²) in [5, 5.41) is 55.7. The Labute approximate surface area is 503 Å². The van der Waals surface area contributed by atoms with E-state index in [1.165, 1.54) is 147 Å². The summed E-state index contributed by atoms with van der Waals surface area (Å²) in [4.78, 5) is 76.1.